The molecule has 0 bridgehead atoms. The van der Waals surface area contributed by atoms with Gasteiger partial charge in [0.15, 0.2) is 12.4 Å². The Morgan fingerprint density at radius 2 is 1.89 bits per heavy atom. The maximum atomic E-state index is 12.3. The standard InChI is InChI=1S/C20H15N3O5/c1-27-10-28-17-5-3-2-4-13(17)16-9-14-12-7-6-11(20(25)26)8-15(12)19(24)21-18(14)23-22-16/h2-9H,10H2,1H3,(H,25,26)(H,21,23,24). The molecule has 28 heavy (non-hydrogen) atoms. The normalized spacial score (nSPS) is 11.0. The minimum absolute atomic E-state index is 0.0397. The molecule has 8 nitrogen and oxygen atoms in total. The van der Waals surface area contributed by atoms with E-state index in [-0.39, 0.29) is 17.7 Å². The van der Waals surface area contributed by atoms with Gasteiger partial charge in [-0.25, -0.2) is 4.79 Å². The third-order valence-electron chi connectivity index (χ3n) is 4.32. The summed E-state index contributed by atoms with van der Waals surface area (Å²) in [5.74, 6) is -0.515. The number of rotatable bonds is 5. The Balaban J connectivity index is 1.94. The summed E-state index contributed by atoms with van der Waals surface area (Å²) < 4.78 is 10.6. The van der Waals surface area contributed by atoms with Gasteiger partial charge in [-0.1, -0.05) is 18.2 Å². The SMILES string of the molecule is COCOc1ccccc1-c1cc2c(nn1)[nH]c(=O)c1cc(C(=O)O)ccc12. The lowest BCUT2D eigenvalue weighted by Gasteiger charge is -2.11. The van der Waals surface area contributed by atoms with Gasteiger partial charge in [0.05, 0.1) is 11.3 Å². The zero-order valence-electron chi connectivity index (χ0n) is 14.8. The number of fused-ring (bicyclic) bond motifs is 3. The summed E-state index contributed by atoms with van der Waals surface area (Å²) in [7, 11) is 1.53. The van der Waals surface area contributed by atoms with Crippen LogP contribution >= 0.6 is 0 Å². The maximum Gasteiger partial charge on any atom is 0.335 e. The number of H-pyrrole nitrogens is 1. The number of carboxylic acid groups (broad SMARTS) is 1. The molecular formula is C20H15N3O5. The van der Waals surface area contributed by atoms with Gasteiger partial charge in [-0.2, -0.15) is 0 Å². The number of aromatic nitrogens is 3. The lowest BCUT2D eigenvalue weighted by atomic mass is 10.0. The van der Waals surface area contributed by atoms with Gasteiger partial charge in [0.2, 0.25) is 0 Å². The highest BCUT2D eigenvalue weighted by Gasteiger charge is 2.14. The Morgan fingerprint density at radius 3 is 2.68 bits per heavy atom. The Morgan fingerprint density at radius 1 is 1.07 bits per heavy atom. The van der Waals surface area contributed by atoms with Crippen LogP contribution in [0.25, 0.3) is 33.1 Å². The zero-order valence-corrected chi connectivity index (χ0v) is 14.8. The summed E-state index contributed by atoms with van der Waals surface area (Å²) in [6, 6.07) is 13.5. The summed E-state index contributed by atoms with van der Waals surface area (Å²) >= 11 is 0. The van der Waals surface area contributed by atoms with E-state index in [1.54, 1.807) is 18.2 Å². The topological polar surface area (TPSA) is 114 Å². The Labute approximate surface area is 158 Å². The van der Waals surface area contributed by atoms with Gasteiger partial charge in [-0.3, -0.25) is 4.79 Å². The molecule has 0 radical (unpaired) electrons. The third-order valence-corrected chi connectivity index (χ3v) is 4.32. The molecule has 0 atom stereocenters. The number of carboxylic acids is 1. The number of aromatic carboxylic acids is 1. The van der Waals surface area contributed by atoms with Crippen molar-refractivity contribution in [3.8, 4) is 17.0 Å². The van der Waals surface area contributed by atoms with Gasteiger partial charge in [0.1, 0.15) is 5.75 Å². The largest absolute Gasteiger partial charge is 0.478 e. The summed E-state index contributed by atoms with van der Waals surface area (Å²) in [4.78, 5) is 26.2. The molecule has 0 fully saturated rings. The first-order chi connectivity index (χ1) is 13.6. The van der Waals surface area contributed by atoms with Gasteiger partial charge in [0.25, 0.3) is 5.56 Å². The van der Waals surface area contributed by atoms with Crippen LogP contribution in [0.1, 0.15) is 10.4 Å². The molecule has 4 aromatic rings. The van der Waals surface area contributed by atoms with Crippen molar-refractivity contribution in [2.45, 2.75) is 0 Å². The van der Waals surface area contributed by atoms with Crippen LogP contribution in [-0.2, 0) is 4.74 Å². The second-order valence-corrected chi connectivity index (χ2v) is 6.06. The molecule has 2 N–H and O–H groups in total. The maximum absolute atomic E-state index is 12.3. The molecule has 8 heteroatoms. The van der Waals surface area contributed by atoms with Gasteiger partial charge < -0.3 is 19.6 Å². The summed E-state index contributed by atoms with van der Waals surface area (Å²) in [5.41, 5.74) is 1.21. The fourth-order valence-corrected chi connectivity index (χ4v) is 3.02. The third kappa shape index (κ3) is 3.06. The quantitative estimate of drug-likeness (QED) is 0.406. The van der Waals surface area contributed by atoms with Crippen molar-refractivity contribution < 1.29 is 19.4 Å². The van der Waals surface area contributed by atoms with E-state index in [1.807, 2.05) is 18.2 Å². The molecule has 0 spiro atoms. The average molecular weight is 377 g/mol. The lowest BCUT2D eigenvalue weighted by Crippen LogP contribution is -2.09. The molecule has 0 saturated heterocycles. The van der Waals surface area contributed by atoms with E-state index in [0.717, 1.165) is 5.56 Å². The van der Waals surface area contributed by atoms with E-state index in [9.17, 15) is 14.7 Å². The van der Waals surface area contributed by atoms with E-state index in [0.29, 0.717) is 27.9 Å². The molecule has 0 aliphatic carbocycles. The van der Waals surface area contributed by atoms with Crippen molar-refractivity contribution in [1.29, 1.82) is 0 Å². The van der Waals surface area contributed by atoms with Crippen LogP contribution in [0.5, 0.6) is 5.75 Å². The average Bonchev–Trinajstić information content (AvgIpc) is 2.72. The molecule has 140 valence electrons. The van der Waals surface area contributed by atoms with E-state index in [4.69, 9.17) is 9.47 Å². The number of methoxy groups -OCH3 is 1. The second-order valence-electron chi connectivity index (χ2n) is 6.06. The number of aromatic amines is 1. The number of ether oxygens (including phenoxy) is 2. The van der Waals surface area contributed by atoms with Crippen LogP contribution in [0.3, 0.4) is 0 Å². The molecule has 2 aromatic carbocycles. The summed E-state index contributed by atoms with van der Waals surface area (Å²) in [5, 5.41) is 19.0. The monoisotopic (exact) mass is 377 g/mol. The molecular weight excluding hydrogens is 362 g/mol. The predicted molar refractivity (Wildman–Crippen MR) is 103 cm³/mol. The number of nitrogens with one attached hydrogen (secondary N) is 1. The van der Waals surface area contributed by atoms with Crippen LogP contribution in [0.4, 0.5) is 0 Å². The van der Waals surface area contributed by atoms with Gasteiger partial charge in [-0.15, -0.1) is 10.2 Å². The van der Waals surface area contributed by atoms with E-state index in [2.05, 4.69) is 15.2 Å². The zero-order chi connectivity index (χ0) is 19.7. The van der Waals surface area contributed by atoms with Crippen molar-refractivity contribution in [3.63, 3.8) is 0 Å². The van der Waals surface area contributed by atoms with Crippen LogP contribution < -0.4 is 10.3 Å². The molecule has 0 amide bonds. The van der Waals surface area contributed by atoms with Gasteiger partial charge in [0, 0.05) is 23.4 Å². The smallest absolute Gasteiger partial charge is 0.335 e. The number of para-hydroxylation sites is 1. The van der Waals surface area contributed by atoms with Crippen LogP contribution in [0.15, 0.2) is 53.3 Å². The number of hydrogen-bond acceptors (Lipinski definition) is 6. The van der Waals surface area contributed by atoms with Crippen LogP contribution in [0, 0.1) is 0 Å². The van der Waals surface area contributed by atoms with Crippen molar-refractivity contribution in [2.75, 3.05) is 13.9 Å². The Hall–Kier alpha value is -3.78. The van der Waals surface area contributed by atoms with Crippen LogP contribution in [-0.4, -0.2) is 40.2 Å². The van der Waals surface area contributed by atoms with Crippen molar-refractivity contribution in [3.05, 3.63) is 64.4 Å². The van der Waals surface area contributed by atoms with Crippen molar-refractivity contribution in [2.24, 2.45) is 0 Å². The van der Waals surface area contributed by atoms with Gasteiger partial charge in [-0.05, 0) is 35.7 Å². The van der Waals surface area contributed by atoms with Crippen LogP contribution in [0.2, 0.25) is 0 Å². The number of hydrogen-bond donors (Lipinski definition) is 2. The second kappa shape index (κ2) is 7.09. The summed E-state index contributed by atoms with van der Waals surface area (Å²) in [6.45, 7) is 0.0895. The minimum Gasteiger partial charge on any atom is -0.478 e. The van der Waals surface area contributed by atoms with E-state index >= 15 is 0 Å². The first kappa shape index (κ1) is 17.6. The molecule has 2 heterocycles. The van der Waals surface area contributed by atoms with Gasteiger partial charge >= 0.3 is 5.97 Å². The molecule has 0 aliphatic rings. The number of pyridine rings is 1. The minimum atomic E-state index is -1.10. The fourth-order valence-electron chi connectivity index (χ4n) is 3.02. The molecule has 4 rings (SSSR count). The number of carbonyl (C=O) groups is 1. The highest BCUT2D eigenvalue weighted by Crippen LogP contribution is 2.31. The molecule has 0 aliphatic heterocycles. The Kier molecular flexibility index (Phi) is 4.46. The Bertz CT molecular complexity index is 1270. The highest BCUT2D eigenvalue weighted by molar-refractivity contribution is 6.06. The van der Waals surface area contributed by atoms with E-state index < -0.39 is 11.5 Å². The molecule has 0 saturated carbocycles. The first-order valence-electron chi connectivity index (χ1n) is 8.36. The molecule has 0 unspecified atom stereocenters. The first-order valence-corrected chi connectivity index (χ1v) is 8.36. The number of nitrogens with zero attached hydrogens (tertiary/aromatic N) is 2. The number of benzene rings is 2. The summed E-state index contributed by atoms with van der Waals surface area (Å²) in [6.07, 6.45) is 0. The fraction of sp³-hybridized carbons (Fsp3) is 0.100. The lowest BCUT2D eigenvalue weighted by molar-refractivity contribution is 0.0515. The van der Waals surface area contributed by atoms with Crippen molar-refractivity contribution >= 4 is 27.8 Å². The predicted octanol–water partition coefficient (Wildman–Crippen LogP) is 2.82. The highest BCUT2D eigenvalue weighted by atomic mass is 16.7. The van der Waals surface area contributed by atoms with Crippen molar-refractivity contribution in [1.82, 2.24) is 15.2 Å². The van der Waals surface area contributed by atoms with E-state index in [1.165, 1.54) is 19.2 Å². The molecule has 2 aromatic heterocycles.